The summed E-state index contributed by atoms with van der Waals surface area (Å²) >= 11 is 1.81. The van der Waals surface area contributed by atoms with Gasteiger partial charge in [-0.25, -0.2) is 0 Å². The molecule has 3 aromatic heterocycles. The molecule has 12 rings (SSSR count). The maximum absolute atomic E-state index is 4.79. The average Bonchev–Trinajstić information content (AvgIpc) is 3.93. The topological polar surface area (TPSA) is 66.9 Å². The van der Waals surface area contributed by atoms with Crippen LogP contribution in [0.5, 0.6) is 0 Å². The summed E-state index contributed by atoms with van der Waals surface area (Å²) in [5.74, 6) is 1.49. The molecule has 58 heavy (non-hydrogen) atoms. The zero-order valence-electron chi connectivity index (χ0n) is 31.7. The van der Waals surface area contributed by atoms with Gasteiger partial charge in [-0.3, -0.25) is 8.80 Å². The Morgan fingerprint density at radius 1 is 0.397 bits per heavy atom. The second-order valence-corrected chi connectivity index (χ2v) is 16.4. The molecule has 0 unspecified atom stereocenters. The molecule has 0 fully saturated rings. The molecule has 0 amide bonds. The lowest BCUT2D eigenvalue weighted by atomic mass is 9.73. The van der Waals surface area contributed by atoms with Crippen molar-refractivity contribution in [1.29, 1.82) is 0 Å². The highest BCUT2D eigenvalue weighted by atomic mass is 32.2. The number of fused-ring (bicyclic) bond motifs is 10. The zero-order chi connectivity index (χ0) is 38.5. The Bertz CT molecular complexity index is 3160. The molecular weight excluding hydrogens is 733 g/mol. The Morgan fingerprint density at radius 2 is 0.776 bits per heavy atom. The average molecular weight is 767 g/mol. The standard InChI is InChI=1S/C49H34N8S/c1-49(2)35-13-3-5-15-37(35)54(38-16-6-4-14-36(38)49)33-27-23-31(24-28-33)45-50-52-47-48-53-51-46(57(48)40-18-8-7-17-39(40)56(45)47)32-25-29-34(30-26-32)55-41-19-9-11-21-43(41)58-44-22-12-10-20-42(44)55/h3-30H,1-2H3. The van der Waals surface area contributed by atoms with Crippen molar-refractivity contribution in [1.82, 2.24) is 29.2 Å². The Hall–Kier alpha value is -7.23. The van der Waals surface area contributed by atoms with Crippen molar-refractivity contribution in [3.63, 3.8) is 0 Å². The number of para-hydroxylation sites is 6. The monoisotopic (exact) mass is 766 g/mol. The van der Waals surface area contributed by atoms with E-state index in [-0.39, 0.29) is 5.41 Å². The van der Waals surface area contributed by atoms with Gasteiger partial charge in [0.1, 0.15) is 0 Å². The van der Waals surface area contributed by atoms with Crippen molar-refractivity contribution in [2.24, 2.45) is 0 Å². The lowest BCUT2D eigenvalue weighted by Crippen LogP contribution is -2.30. The smallest absolute Gasteiger partial charge is 0.207 e. The van der Waals surface area contributed by atoms with E-state index in [4.69, 9.17) is 20.4 Å². The Morgan fingerprint density at radius 3 is 1.24 bits per heavy atom. The first kappa shape index (κ1) is 33.0. The minimum Gasteiger partial charge on any atom is -0.310 e. The van der Waals surface area contributed by atoms with Gasteiger partial charge in [0, 0.05) is 37.7 Å². The molecule has 0 radical (unpaired) electrons. The van der Waals surface area contributed by atoms with Gasteiger partial charge in [-0.1, -0.05) is 98.4 Å². The third-order valence-corrected chi connectivity index (χ3v) is 12.9. The van der Waals surface area contributed by atoms with Crippen molar-refractivity contribution in [3.8, 4) is 22.8 Å². The van der Waals surface area contributed by atoms with Crippen LogP contribution in [-0.2, 0) is 5.41 Å². The molecule has 0 spiro atoms. The van der Waals surface area contributed by atoms with Gasteiger partial charge < -0.3 is 9.80 Å². The molecule has 0 aliphatic carbocycles. The quantitative estimate of drug-likeness (QED) is 0.177. The van der Waals surface area contributed by atoms with E-state index < -0.39 is 0 Å². The molecule has 10 aromatic rings. The summed E-state index contributed by atoms with van der Waals surface area (Å²) < 4.78 is 4.22. The number of rotatable bonds is 4. The molecular formula is C49H34N8S. The van der Waals surface area contributed by atoms with E-state index in [1.54, 1.807) is 0 Å². The largest absolute Gasteiger partial charge is 0.310 e. The lowest BCUT2D eigenvalue weighted by molar-refractivity contribution is 0.632. The summed E-state index contributed by atoms with van der Waals surface area (Å²) in [6, 6.07) is 60.2. The van der Waals surface area contributed by atoms with E-state index in [9.17, 15) is 0 Å². The van der Waals surface area contributed by atoms with Crippen molar-refractivity contribution in [2.45, 2.75) is 29.1 Å². The predicted octanol–water partition coefficient (Wildman–Crippen LogP) is 12.3. The van der Waals surface area contributed by atoms with Crippen LogP contribution in [0.1, 0.15) is 25.0 Å². The molecule has 9 heteroatoms. The van der Waals surface area contributed by atoms with Crippen LogP contribution in [0.25, 0.3) is 45.1 Å². The van der Waals surface area contributed by atoms with Gasteiger partial charge in [0.15, 0.2) is 11.6 Å². The molecule has 0 saturated carbocycles. The molecule has 7 aromatic carbocycles. The van der Waals surface area contributed by atoms with Crippen LogP contribution in [0.3, 0.4) is 0 Å². The first-order valence-electron chi connectivity index (χ1n) is 19.4. The van der Waals surface area contributed by atoms with Crippen molar-refractivity contribution < 1.29 is 0 Å². The van der Waals surface area contributed by atoms with Crippen LogP contribution in [0.4, 0.5) is 34.1 Å². The van der Waals surface area contributed by atoms with E-state index in [0.29, 0.717) is 11.3 Å². The fourth-order valence-electron chi connectivity index (χ4n) is 8.98. The minimum absolute atomic E-state index is 0.117. The summed E-state index contributed by atoms with van der Waals surface area (Å²) in [7, 11) is 0. The van der Waals surface area contributed by atoms with E-state index in [1.807, 2.05) is 11.8 Å². The highest BCUT2D eigenvalue weighted by Gasteiger charge is 2.36. The van der Waals surface area contributed by atoms with E-state index in [2.05, 4.69) is 202 Å². The number of benzene rings is 7. The first-order chi connectivity index (χ1) is 28.5. The Kier molecular flexibility index (Phi) is 7.04. The molecule has 276 valence electrons. The fraction of sp³-hybridized carbons (Fsp3) is 0.0612. The van der Waals surface area contributed by atoms with E-state index >= 15 is 0 Å². The van der Waals surface area contributed by atoms with Gasteiger partial charge in [0.05, 0.1) is 33.8 Å². The van der Waals surface area contributed by atoms with Crippen molar-refractivity contribution in [2.75, 3.05) is 9.80 Å². The third kappa shape index (κ3) is 4.71. The van der Waals surface area contributed by atoms with Gasteiger partial charge in [0.25, 0.3) is 0 Å². The summed E-state index contributed by atoms with van der Waals surface area (Å²) in [6.07, 6.45) is 0. The van der Waals surface area contributed by atoms with Gasteiger partial charge in [0.2, 0.25) is 11.3 Å². The Labute approximate surface area is 338 Å². The van der Waals surface area contributed by atoms with E-state index in [0.717, 1.165) is 45.2 Å². The van der Waals surface area contributed by atoms with Crippen LogP contribution in [0.2, 0.25) is 0 Å². The number of hydrogen-bond acceptors (Lipinski definition) is 7. The van der Waals surface area contributed by atoms with Crippen LogP contribution >= 0.6 is 11.8 Å². The molecule has 5 heterocycles. The normalized spacial score (nSPS) is 14.0. The number of nitrogens with zero attached hydrogens (tertiary/aromatic N) is 8. The molecule has 0 bridgehead atoms. The van der Waals surface area contributed by atoms with Gasteiger partial charge in [-0.05, 0) is 108 Å². The molecule has 2 aliphatic rings. The highest BCUT2D eigenvalue weighted by Crippen LogP contribution is 2.53. The predicted molar refractivity (Wildman–Crippen MR) is 234 cm³/mol. The van der Waals surface area contributed by atoms with Crippen molar-refractivity contribution >= 4 is 68.2 Å². The Balaban J connectivity index is 0.947. The SMILES string of the molecule is CC1(C)c2ccccc2N(c2ccc(-c3nnc4c5nnc(-c6ccc(N7c8ccccc8Sc8ccccc87)cc6)n5c5ccccc5n34)cc2)c2ccccc21. The van der Waals surface area contributed by atoms with Crippen LogP contribution in [-0.4, -0.2) is 29.2 Å². The molecule has 0 N–H and O–H groups in total. The second-order valence-electron chi connectivity index (χ2n) is 15.3. The molecule has 2 aliphatic heterocycles. The number of aromatic nitrogens is 6. The van der Waals surface area contributed by atoms with Gasteiger partial charge in [-0.15, -0.1) is 20.4 Å². The summed E-state index contributed by atoms with van der Waals surface area (Å²) in [4.78, 5) is 7.17. The van der Waals surface area contributed by atoms with Gasteiger partial charge >= 0.3 is 0 Å². The summed E-state index contributed by atoms with van der Waals surface area (Å²) in [6.45, 7) is 4.62. The first-order valence-corrected chi connectivity index (χ1v) is 20.2. The molecule has 0 saturated heterocycles. The van der Waals surface area contributed by atoms with Crippen molar-refractivity contribution in [3.05, 3.63) is 181 Å². The maximum Gasteiger partial charge on any atom is 0.207 e. The summed E-state index contributed by atoms with van der Waals surface area (Å²) in [5, 5.41) is 19.1. The lowest BCUT2D eigenvalue weighted by Gasteiger charge is -2.42. The third-order valence-electron chi connectivity index (χ3n) is 11.7. The molecule has 0 atom stereocenters. The minimum atomic E-state index is -0.117. The highest BCUT2D eigenvalue weighted by molar-refractivity contribution is 7.99. The number of anilines is 6. The number of hydrogen-bond donors (Lipinski definition) is 0. The maximum atomic E-state index is 4.79. The van der Waals surface area contributed by atoms with Crippen LogP contribution in [0, 0.1) is 0 Å². The van der Waals surface area contributed by atoms with Crippen LogP contribution < -0.4 is 9.80 Å². The second kappa shape index (κ2) is 12.4. The van der Waals surface area contributed by atoms with Crippen LogP contribution in [0.15, 0.2) is 180 Å². The van der Waals surface area contributed by atoms with E-state index in [1.165, 1.54) is 43.7 Å². The summed E-state index contributed by atoms with van der Waals surface area (Å²) in [5.41, 5.74) is 14.5. The molecule has 8 nitrogen and oxygen atoms in total. The zero-order valence-corrected chi connectivity index (χ0v) is 32.5. The fourth-order valence-corrected chi connectivity index (χ4v) is 10.0. The van der Waals surface area contributed by atoms with Gasteiger partial charge in [-0.2, -0.15) is 0 Å².